The van der Waals surface area contributed by atoms with Crippen molar-refractivity contribution >= 4 is 33.5 Å². The molecule has 0 aliphatic carbocycles. The number of likely N-dealkylation sites (tertiary alicyclic amines) is 1. The van der Waals surface area contributed by atoms with Crippen molar-refractivity contribution in [2.45, 2.75) is 46.2 Å². The van der Waals surface area contributed by atoms with Gasteiger partial charge in [0.05, 0.1) is 29.2 Å². The number of fused-ring (bicyclic) bond motifs is 1. The molecule has 1 N–H and O–H groups in total. The van der Waals surface area contributed by atoms with Gasteiger partial charge in [0, 0.05) is 25.7 Å². The number of carbonyl (C=O) groups is 1. The van der Waals surface area contributed by atoms with Crippen LogP contribution < -0.4 is 10.1 Å². The van der Waals surface area contributed by atoms with Crippen molar-refractivity contribution in [2.75, 3.05) is 25.0 Å². The normalized spacial score (nSPS) is 14.2. The summed E-state index contributed by atoms with van der Waals surface area (Å²) in [6, 6.07) is 15.8. The number of aryl methyl sites for hydroxylation is 2. The summed E-state index contributed by atoms with van der Waals surface area (Å²) in [5.41, 5.74) is 4.16. The number of nitriles is 1. The molecular weight excluding hydrogens is 510 g/mol. The Bertz CT molecular complexity index is 1500. The number of thiophene rings is 1. The Balaban J connectivity index is 1.23. The van der Waals surface area contributed by atoms with Gasteiger partial charge in [0.2, 0.25) is 11.8 Å². The molecule has 0 saturated carbocycles. The standard InChI is InChI=1S/C30H31N5O3S/c1-4-37-29(36)23-7-5-21(6-8-23)18-35-12-9-24(10-13-35)32-30-33-27(25-11-14-39-28(25)34-30)38-26-19(2)15-22(17-31)16-20(26)3/h5-8,11,14-16,24H,4,9-10,12-13,18H2,1-3H3,(H,32,33,34). The highest BCUT2D eigenvalue weighted by molar-refractivity contribution is 7.16. The quantitative estimate of drug-likeness (QED) is 0.262. The van der Waals surface area contributed by atoms with Crippen LogP contribution >= 0.6 is 11.3 Å². The molecule has 2 aromatic heterocycles. The van der Waals surface area contributed by atoms with Crippen molar-refractivity contribution in [3.05, 3.63) is 75.7 Å². The van der Waals surface area contributed by atoms with Crippen LogP contribution in [-0.2, 0) is 11.3 Å². The zero-order chi connectivity index (χ0) is 27.4. The number of piperidine rings is 1. The van der Waals surface area contributed by atoms with E-state index in [4.69, 9.17) is 19.4 Å². The van der Waals surface area contributed by atoms with E-state index in [9.17, 15) is 10.1 Å². The summed E-state index contributed by atoms with van der Waals surface area (Å²) < 4.78 is 11.4. The van der Waals surface area contributed by atoms with Gasteiger partial charge in [-0.2, -0.15) is 10.2 Å². The van der Waals surface area contributed by atoms with Gasteiger partial charge in [-0.1, -0.05) is 12.1 Å². The summed E-state index contributed by atoms with van der Waals surface area (Å²) in [5, 5.41) is 15.7. The maximum atomic E-state index is 11.9. The topological polar surface area (TPSA) is 100 Å². The second-order valence-electron chi connectivity index (χ2n) is 9.76. The van der Waals surface area contributed by atoms with E-state index in [1.807, 2.05) is 68.6 Å². The lowest BCUT2D eigenvalue weighted by Crippen LogP contribution is -2.39. The van der Waals surface area contributed by atoms with Crippen molar-refractivity contribution < 1.29 is 14.3 Å². The summed E-state index contributed by atoms with van der Waals surface area (Å²) in [5.74, 6) is 1.52. The fourth-order valence-electron chi connectivity index (χ4n) is 4.88. The molecule has 200 valence electrons. The molecule has 0 unspecified atom stereocenters. The van der Waals surface area contributed by atoms with E-state index in [0.717, 1.165) is 59.6 Å². The number of esters is 1. The Morgan fingerprint density at radius 1 is 1.13 bits per heavy atom. The summed E-state index contributed by atoms with van der Waals surface area (Å²) in [6.07, 6.45) is 1.94. The third-order valence-corrected chi connectivity index (χ3v) is 7.68. The van der Waals surface area contributed by atoms with E-state index in [1.165, 1.54) is 5.56 Å². The summed E-state index contributed by atoms with van der Waals surface area (Å²) in [4.78, 5) is 24.7. The highest BCUT2D eigenvalue weighted by atomic mass is 32.1. The molecule has 0 amide bonds. The Morgan fingerprint density at radius 2 is 1.85 bits per heavy atom. The molecule has 8 nitrogen and oxygen atoms in total. The molecule has 0 atom stereocenters. The van der Waals surface area contributed by atoms with Crippen LogP contribution in [0.1, 0.15) is 52.4 Å². The first kappa shape index (κ1) is 26.6. The Labute approximate surface area is 232 Å². The fraction of sp³-hybridized carbons (Fsp3) is 0.333. The van der Waals surface area contributed by atoms with Crippen molar-refractivity contribution in [3.8, 4) is 17.7 Å². The molecule has 0 radical (unpaired) electrons. The van der Waals surface area contributed by atoms with Crippen LogP contribution in [0.5, 0.6) is 11.6 Å². The van der Waals surface area contributed by atoms with Crippen molar-refractivity contribution in [1.29, 1.82) is 5.26 Å². The highest BCUT2D eigenvalue weighted by Crippen LogP contribution is 2.35. The Hall–Kier alpha value is -4.00. The molecule has 0 spiro atoms. The molecule has 1 aliphatic rings. The number of carbonyl (C=O) groups excluding carboxylic acids is 1. The number of nitrogens with zero attached hydrogens (tertiary/aromatic N) is 4. The maximum absolute atomic E-state index is 11.9. The fourth-order valence-corrected chi connectivity index (χ4v) is 5.63. The lowest BCUT2D eigenvalue weighted by atomic mass is 10.0. The van der Waals surface area contributed by atoms with Gasteiger partial charge in [0.25, 0.3) is 0 Å². The molecule has 39 heavy (non-hydrogen) atoms. The van der Waals surface area contributed by atoms with Crippen LogP contribution in [0.3, 0.4) is 0 Å². The number of benzene rings is 2. The highest BCUT2D eigenvalue weighted by Gasteiger charge is 2.22. The average Bonchev–Trinajstić information content (AvgIpc) is 3.41. The van der Waals surface area contributed by atoms with E-state index in [0.29, 0.717) is 29.6 Å². The van der Waals surface area contributed by atoms with Crippen LogP contribution in [0.4, 0.5) is 5.95 Å². The monoisotopic (exact) mass is 541 g/mol. The number of aromatic nitrogens is 2. The zero-order valence-corrected chi connectivity index (χ0v) is 23.2. The van der Waals surface area contributed by atoms with E-state index in [-0.39, 0.29) is 12.0 Å². The minimum atomic E-state index is -0.283. The first-order valence-electron chi connectivity index (χ1n) is 13.1. The number of anilines is 1. The van der Waals surface area contributed by atoms with E-state index >= 15 is 0 Å². The van der Waals surface area contributed by atoms with E-state index < -0.39 is 0 Å². The zero-order valence-electron chi connectivity index (χ0n) is 22.4. The number of hydrogen-bond acceptors (Lipinski definition) is 9. The number of hydrogen-bond donors (Lipinski definition) is 1. The first-order valence-corrected chi connectivity index (χ1v) is 14.0. The summed E-state index contributed by atoms with van der Waals surface area (Å²) >= 11 is 1.56. The lowest BCUT2D eigenvalue weighted by molar-refractivity contribution is 0.0526. The number of nitrogens with one attached hydrogen (secondary N) is 1. The third-order valence-electron chi connectivity index (χ3n) is 6.87. The second kappa shape index (κ2) is 11.8. The van der Waals surface area contributed by atoms with E-state index in [1.54, 1.807) is 11.3 Å². The molecule has 0 bridgehead atoms. The van der Waals surface area contributed by atoms with E-state index in [2.05, 4.69) is 16.3 Å². The van der Waals surface area contributed by atoms with Crippen LogP contribution in [0.25, 0.3) is 10.2 Å². The van der Waals surface area contributed by atoms with Crippen LogP contribution in [0, 0.1) is 25.2 Å². The van der Waals surface area contributed by atoms with Gasteiger partial charge in [-0.05, 0) is 86.0 Å². The molecular formula is C30H31N5O3S. The van der Waals surface area contributed by atoms with Gasteiger partial charge in [-0.25, -0.2) is 9.78 Å². The van der Waals surface area contributed by atoms with Crippen molar-refractivity contribution in [3.63, 3.8) is 0 Å². The lowest BCUT2D eigenvalue weighted by Gasteiger charge is -2.32. The molecule has 1 aliphatic heterocycles. The van der Waals surface area contributed by atoms with Crippen molar-refractivity contribution in [2.24, 2.45) is 0 Å². The van der Waals surface area contributed by atoms with Crippen LogP contribution in [0.15, 0.2) is 47.8 Å². The molecule has 9 heteroatoms. The van der Waals surface area contributed by atoms with Crippen LogP contribution in [0.2, 0.25) is 0 Å². The van der Waals surface area contributed by atoms with Gasteiger partial charge in [-0.15, -0.1) is 11.3 Å². The number of ether oxygens (including phenoxy) is 2. The Morgan fingerprint density at radius 3 is 2.51 bits per heavy atom. The molecule has 5 rings (SSSR count). The molecule has 4 aromatic rings. The third kappa shape index (κ3) is 6.19. The largest absolute Gasteiger partial charge is 0.462 e. The number of rotatable bonds is 8. The van der Waals surface area contributed by atoms with Gasteiger partial charge in [-0.3, -0.25) is 4.90 Å². The van der Waals surface area contributed by atoms with Crippen LogP contribution in [-0.4, -0.2) is 46.6 Å². The minimum Gasteiger partial charge on any atom is -0.462 e. The minimum absolute atomic E-state index is 0.260. The summed E-state index contributed by atoms with van der Waals surface area (Å²) in [6.45, 7) is 8.81. The average molecular weight is 542 g/mol. The summed E-state index contributed by atoms with van der Waals surface area (Å²) in [7, 11) is 0. The first-order chi connectivity index (χ1) is 18.9. The molecule has 1 fully saturated rings. The SMILES string of the molecule is CCOC(=O)c1ccc(CN2CCC(Nc3nc(Oc4c(C)cc(C#N)cc4C)c4ccsc4n3)CC2)cc1. The molecule has 1 saturated heterocycles. The molecule has 3 heterocycles. The van der Waals surface area contributed by atoms with Gasteiger partial charge in [0.1, 0.15) is 10.6 Å². The second-order valence-corrected chi connectivity index (χ2v) is 10.7. The van der Waals surface area contributed by atoms with Gasteiger partial charge >= 0.3 is 5.97 Å². The maximum Gasteiger partial charge on any atom is 0.338 e. The predicted molar refractivity (Wildman–Crippen MR) is 152 cm³/mol. The van der Waals surface area contributed by atoms with Crippen molar-refractivity contribution in [1.82, 2.24) is 14.9 Å². The molecule has 2 aromatic carbocycles. The van der Waals surface area contributed by atoms with Gasteiger partial charge < -0.3 is 14.8 Å². The van der Waals surface area contributed by atoms with Gasteiger partial charge in [0.15, 0.2) is 0 Å². The predicted octanol–water partition coefficient (Wildman–Crippen LogP) is 6.23. The Kier molecular flexibility index (Phi) is 8.05. The smallest absolute Gasteiger partial charge is 0.338 e.